The number of nitrogens with one attached hydrogen (secondary N) is 1. The van der Waals surface area contributed by atoms with Crippen LogP contribution in [0.1, 0.15) is 18.4 Å². The highest BCUT2D eigenvalue weighted by Crippen LogP contribution is 2.31. The van der Waals surface area contributed by atoms with Crippen LogP contribution in [0, 0.1) is 0 Å². The molecule has 0 aliphatic carbocycles. The molecule has 0 fully saturated rings. The number of hydrogen-bond donors (Lipinski definition) is 2. The molecule has 0 aromatic heterocycles. The molecule has 0 saturated carbocycles. The molecule has 3 N–H and O–H groups in total. The number of methoxy groups -OCH3 is 2. The van der Waals surface area contributed by atoms with Crippen molar-refractivity contribution in [3.05, 3.63) is 22.7 Å². The molecule has 0 heterocycles. The number of ether oxygens (including phenoxy) is 2. The van der Waals surface area contributed by atoms with Crippen LogP contribution >= 0.6 is 11.6 Å². The van der Waals surface area contributed by atoms with Crippen molar-refractivity contribution in [2.45, 2.75) is 24.3 Å². The Kier molecular flexibility index (Phi) is 7.41. The highest BCUT2D eigenvalue weighted by atomic mass is 35.5. The first-order valence-corrected chi connectivity index (χ1v) is 8.37. The van der Waals surface area contributed by atoms with Gasteiger partial charge in [0.15, 0.2) is 0 Å². The fourth-order valence-electron chi connectivity index (χ4n) is 1.86. The lowest BCUT2D eigenvalue weighted by Crippen LogP contribution is -2.26. The van der Waals surface area contributed by atoms with E-state index in [2.05, 4.69) is 4.72 Å². The van der Waals surface area contributed by atoms with E-state index < -0.39 is 10.0 Å². The van der Waals surface area contributed by atoms with Crippen molar-refractivity contribution in [1.29, 1.82) is 0 Å². The molecule has 1 aromatic carbocycles. The average Bonchev–Trinajstić information content (AvgIpc) is 2.46. The minimum absolute atomic E-state index is 0.00434. The number of halogens is 1. The van der Waals surface area contributed by atoms with Crippen LogP contribution in [0.4, 0.5) is 0 Å². The van der Waals surface area contributed by atoms with Crippen LogP contribution in [-0.2, 0) is 21.3 Å². The lowest BCUT2D eigenvalue weighted by atomic mass is 10.2. The summed E-state index contributed by atoms with van der Waals surface area (Å²) in [7, 11) is -0.692. The zero-order chi connectivity index (χ0) is 15.9. The minimum atomic E-state index is -3.70. The Morgan fingerprint density at radius 3 is 2.57 bits per heavy atom. The molecule has 0 aliphatic heterocycles. The van der Waals surface area contributed by atoms with E-state index in [0.29, 0.717) is 30.2 Å². The van der Waals surface area contributed by atoms with Gasteiger partial charge in [0.1, 0.15) is 10.6 Å². The summed E-state index contributed by atoms with van der Waals surface area (Å²) in [6.07, 6.45) is 1.46. The third-order valence-electron chi connectivity index (χ3n) is 2.88. The van der Waals surface area contributed by atoms with Crippen LogP contribution in [-0.4, -0.2) is 35.8 Å². The maximum atomic E-state index is 12.3. The van der Waals surface area contributed by atoms with E-state index in [1.54, 1.807) is 13.2 Å². The second kappa shape index (κ2) is 8.55. The molecule has 0 bridgehead atoms. The van der Waals surface area contributed by atoms with E-state index in [9.17, 15) is 8.42 Å². The molecule has 1 rings (SSSR count). The molecule has 0 saturated heterocycles. The Morgan fingerprint density at radius 2 is 2.00 bits per heavy atom. The Hall–Kier alpha value is -0.860. The second-order valence-electron chi connectivity index (χ2n) is 4.40. The Balaban J connectivity index is 2.94. The highest BCUT2D eigenvalue weighted by Gasteiger charge is 2.22. The van der Waals surface area contributed by atoms with Gasteiger partial charge in [0.05, 0.1) is 7.11 Å². The second-order valence-corrected chi connectivity index (χ2v) is 6.57. The van der Waals surface area contributed by atoms with Crippen molar-refractivity contribution in [1.82, 2.24) is 4.72 Å². The molecule has 1 aromatic rings. The van der Waals surface area contributed by atoms with Crippen LogP contribution in [0.3, 0.4) is 0 Å². The molecule has 8 heteroatoms. The largest absolute Gasteiger partial charge is 0.495 e. The minimum Gasteiger partial charge on any atom is -0.495 e. The Morgan fingerprint density at radius 1 is 1.29 bits per heavy atom. The van der Waals surface area contributed by atoms with Crippen LogP contribution in [0.25, 0.3) is 0 Å². The van der Waals surface area contributed by atoms with Crippen molar-refractivity contribution in [3.8, 4) is 5.75 Å². The summed E-state index contributed by atoms with van der Waals surface area (Å²) in [5.74, 6) is 0.228. The van der Waals surface area contributed by atoms with Crippen molar-refractivity contribution >= 4 is 21.6 Å². The monoisotopic (exact) mass is 336 g/mol. The zero-order valence-electron chi connectivity index (χ0n) is 12.2. The maximum Gasteiger partial charge on any atom is 0.244 e. The predicted molar refractivity (Wildman–Crippen MR) is 82.2 cm³/mol. The lowest BCUT2D eigenvalue weighted by molar-refractivity contribution is 0.193. The molecular weight excluding hydrogens is 316 g/mol. The number of benzene rings is 1. The quantitative estimate of drug-likeness (QED) is 0.667. The molecule has 6 nitrogen and oxygen atoms in total. The summed E-state index contributed by atoms with van der Waals surface area (Å²) in [4.78, 5) is 0.00434. The van der Waals surface area contributed by atoms with E-state index in [0.717, 1.165) is 6.42 Å². The van der Waals surface area contributed by atoms with Crippen molar-refractivity contribution in [2.75, 3.05) is 27.4 Å². The first-order chi connectivity index (χ1) is 9.96. The molecule has 0 aliphatic rings. The van der Waals surface area contributed by atoms with Gasteiger partial charge in [-0.05, 0) is 25.0 Å². The van der Waals surface area contributed by atoms with Gasteiger partial charge in [-0.15, -0.1) is 0 Å². The molecule has 21 heavy (non-hydrogen) atoms. The topological polar surface area (TPSA) is 90.7 Å². The molecule has 120 valence electrons. The van der Waals surface area contributed by atoms with Crippen LogP contribution in [0.15, 0.2) is 17.0 Å². The summed E-state index contributed by atoms with van der Waals surface area (Å²) >= 11 is 5.95. The van der Waals surface area contributed by atoms with Crippen LogP contribution in [0.2, 0.25) is 5.02 Å². The molecule has 0 amide bonds. The first-order valence-electron chi connectivity index (χ1n) is 6.51. The van der Waals surface area contributed by atoms with Crippen molar-refractivity contribution in [3.63, 3.8) is 0 Å². The third-order valence-corrected chi connectivity index (χ3v) is 4.56. The van der Waals surface area contributed by atoms with Gasteiger partial charge in [-0.1, -0.05) is 11.6 Å². The summed E-state index contributed by atoms with van der Waals surface area (Å²) < 4.78 is 37.3. The average molecular weight is 337 g/mol. The first kappa shape index (κ1) is 18.2. The normalized spacial score (nSPS) is 11.6. The van der Waals surface area contributed by atoms with Gasteiger partial charge in [0.2, 0.25) is 10.0 Å². The van der Waals surface area contributed by atoms with Crippen LogP contribution in [0.5, 0.6) is 5.75 Å². The van der Waals surface area contributed by atoms with E-state index in [4.69, 9.17) is 26.8 Å². The molecule has 0 spiro atoms. The summed E-state index contributed by atoms with van der Waals surface area (Å²) in [5, 5.41) is 0.302. The number of sulfonamides is 1. The SMILES string of the molecule is COCCCCNS(=O)(=O)c1cc(Cl)cc(CN)c1OC. The van der Waals surface area contributed by atoms with E-state index >= 15 is 0 Å². The zero-order valence-corrected chi connectivity index (χ0v) is 13.8. The standard InChI is InChI=1S/C13H21ClN2O4S/c1-19-6-4-3-5-16-21(17,18)12-8-11(14)7-10(9-15)13(12)20-2/h7-8,16H,3-6,9,15H2,1-2H3. The van der Waals surface area contributed by atoms with E-state index in [-0.39, 0.29) is 17.2 Å². The van der Waals surface area contributed by atoms with Crippen molar-refractivity contribution in [2.24, 2.45) is 5.73 Å². The van der Waals surface area contributed by atoms with Gasteiger partial charge < -0.3 is 15.2 Å². The van der Waals surface area contributed by atoms with E-state index in [1.165, 1.54) is 13.2 Å². The maximum absolute atomic E-state index is 12.3. The number of rotatable bonds is 9. The van der Waals surface area contributed by atoms with Gasteiger partial charge in [-0.3, -0.25) is 0 Å². The van der Waals surface area contributed by atoms with Crippen molar-refractivity contribution < 1.29 is 17.9 Å². The molecule has 0 unspecified atom stereocenters. The smallest absolute Gasteiger partial charge is 0.244 e. The predicted octanol–water partition coefficient (Wildman–Crippen LogP) is 1.51. The summed E-state index contributed by atoms with van der Waals surface area (Å²) in [5.41, 5.74) is 6.14. The Bertz CT molecular complexity index is 564. The summed E-state index contributed by atoms with van der Waals surface area (Å²) in [6.45, 7) is 1.05. The fraction of sp³-hybridized carbons (Fsp3) is 0.538. The van der Waals surface area contributed by atoms with Gasteiger partial charge >= 0.3 is 0 Å². The highest BCUT2D eigenvalue weighted by molar-refractivity contribution is 7.89. The number of hydrogen-bond acceptors (Lipinski definition) is 5. The number of unbranched alkanes of at least 4 members (excludes halogenated alkanes) is 1. The molecule has 0 radical (unpaired) electrons. The van der Waals surface area contributed by atoms with Gasteiger partial charge in [-0.25, -0.2) is 13.1 Å². The van der Waals surface area contributed by atoms with E-state index in [1.807, 2.05) is 0 Å². The lowest BCUT2D eigenvalue weighted by Gasteiger charge is -2.14. The molecular formula is C13H21ClN2O4S. The Labute approximate surface area is 130 Å². The molecule has 0 atom stereocenters. The third kappa shape index (κ3) is 5.12. The van der Waals surface area contributed by atoms with Gasteiger partial charge in [-0.2, -0.15) is 0 Å². The summed E-state index contributed by atoms with van der Waals surface area (Å²) in [6, 6.07) is 2.95. The van der Waals surface area contributed by atoms with Crippen LogP contribution < -0.4 is 15.2 Å². The van der Waals surface area contributed by atoms with Gasteiger partial charge in [0, 0.05) is 37.4 Å². The van der Waals surface area contributed by atoms with Gasteiger partial charge in [0.25, 0.3) is 0 Å². The fourth-order valence-corrected chi connectivity index (χ4v) is 3.48. The number of nitrogens with two attached hydrogens (primary N) is 1.